The van der Waals surface area contributed by atoms with Crippen molar-refractivity contribution in [2.45, 2.75) is 32.1 Å². The highest BCUT2D eigenvalue weighted by atomic mass is 16.3. The van der Waals surface area contributed by atoms with E-state index in [1.54, 1.807) is 0 Å². The van der Waals surface area contributed by atoms with Crippen molar-refractivity contribution in [1.29, 1.82) is 0 Å². The van der Waals surface area contributed by atoms with E-state index in [2.05, 4.69) is 80.6 Å². The van der Waals surface area contributed by atoms with Crippen LogP contribution in [0.4, 0.5) is 0 Å². The van der Waals surface area contributed by atoms with Crippen molar-refractivity contribution in [3.05, 3.63) is 126 Å². The van der Waals surface area contributed by atoms with Crippen molar-refractivity contribution in [3.8, 4) is 45.3 Å². The van der Waals surface area contributed by atoms with Crippen LogP contribution in [0.25, 0.3) is 67.2 Å². The molecule has 2 aromatic heterocycles. The van der Waals surface area contributed by atoms with Gasteiger partial charge in [-0.1, -0.05) is 111 Å². The van der Waals surface area contributed by atoms with Gasteiger partial charge in [0.05, 0.1) is 0 Å². The van der Waals surface area contributed by atoms with Gasteiger partial charge in [-0.2, -0.15) is 0 Å². The molecule has 42 heavy (non-hydrogen) atoms. The van der Waals surface area contributed by atoms with Gasteiger partial charge in [0.25, 0.3) is 0 Å². The second kappa shape index (κ2) is 9.49. The summed E-state index contributed by atoms with van der Waals surface area (Å²) in [5.41, 5.74) is 9.81. The Morgan fingerprint density at radius 1 is 0.524 bits per heavy atom. The molecule has 7 aromatic rings. The normalized spacial score (nSPS) is 13.4. The third-order valence-corrected chi connectivity index (χ3v) is 9.03. The summed E-state index contributed by atoms with van der Waals surface area (Å²) >= 11 is 0. The van der Waals surface area contributed by atoms with Crippen LogP contribution >= 0.6 is 0 Å². The molecule has 5 aromatic carbocycles. The molecule has 0 N–H and O–H groups in total. The molecular weight excluding hydrogens is 514 g/mol. The minimum absolute atomic E-state index is 0.120. The van der Waals surface area contributed by atoms with Crippen LogP contribution in [0.15, 0.2) is 120 Å². The molecule has 1 aliphatic rings. The number of hydrogen-bond acceptors (Lipinski definition) is 4. The maximum absolute atomic E-state index is 6.37. The van der Waals surface area contributed by atoms with E-state index in [1.165, 1.54) is 22.3 Å². The third-order valence-electron chi connectivity index (χ3n) is 9.03. The number of benzene rings is 5. The van der Waals surface area contributed by atoms with E-state index >= 15 is 0 Å². The van der Waals surface area contributed by atoms with Crippen LogP contribution in [0.1, 0.15) is 37.8 Å². The quantitative estimate of drug-likeness (QED) is 0.217. The highest BCUT2D eigenvalue weighted by Crippen LogP contribution is 2.56. The molecule has 0 aliphatic heterocycles. The Labute approximate surface area is 244 Å². The van der Waals surface area contributed by atoms with Crippen molar-refractivity contribution >= 4 is 21.9 Å². The van der Waals surface area contributed by atoms with Gasteiger partial charge in [-0.15, -0.1) is 0 Å². The summed E-state index contributed by atoms with van der Waals surface area (Å²) in [5, 5.41) is 2.27. The van der Waals surface area contributed by atoms with Crippen molar-refractivity contribution in [2.24, 2.45) is 0 Å². The smallest absolute Gasteiger partial charge is 0.164 e. The minimum Gasteiger partial charge on any atom is -0.456 e. The molecule has 8 rings (SSSR count). The predicted octanol–water partition coefficient (Wildman–Crippen LogP) is 9.86. The van der Waals surface area contributed by atoms with Gasteiger partial charge in [-0.05, 0) is 53.3 Å². The van der Waals surface area contributed by atoms with E-state index in [0.717, 1.165) is 51.5 Å². The number of para-hydroxylation sites is 1. The second-order valence-electron chi connectivity index (χ2n) is 11.0. The first-order valence-electron chi connectivity index (χ1n) is 14.7. The Balaban J connectivity index is 1.43. The molecule has 4 nitrogen and oxygen atoms in total. The van der Waals surface area contributed by atoms with Gasteiger partial charge >= 0.3 is 0 Å². The second-order valence-corrected chi connectivity index (χ2v) is 11.0. The van der Waals surface area contributed by atoms with Crippen LogP contribution in [0.2, 0.25) is 0 Å². The van der Waals surface area contributed by atoms with E-state index in [9.17, 15) is 0 Å². The molecule has 0 atom stereocenters. The maximum Gasteiger partial charge on any atom is 0.164 e. The molecule has 0 amide bonds. The molecule has 1 aliphatic carbocycles. The fraction of sp³-hybridized carbons (Fsp3) is 0.132. The Morgan fingerprint density at radius 2 is 1.14 bits per heavy atom. The van der Waals surface area contributed by atoms with Crippen LogP contribution in [-0.4, -0.2) is 15.0 Å². The molecule has 202 valence electrons. The predicted molar refractivity (Wildman–Crippen MR) is 170 cm³/mol. The van der Waals surface area contributed by atoms with Crippen molar-refractivity contribution in [3.63, 3.8) is 0 Å². The lowest BCUT2D eigenvalue weighted by Crippen LogP contribution is -2.23. The summed E-state index contributed by atoms with van der Waals surface area (Å²) in [6.45, 7) is 4.59. The average Bonchev–Trinajstić information content (AvgIpc) is 3.56. The van der Waals surface area contributed by atoms with Crippen LogP contribution < -0.4 is 0 Å². The zero-order chi connectivity index (χ0) is 28.3. The third kappa shape index (κ3) is 3.58. The number of fused-ring (bicyclic) bond motifs is 6. The number of rotatable bonds is 5. The van der Waals surface area contributed by atoms with E-state index in [4.69, 9.17) is 19.4 Å². The van der Waals surface area contributed by atoms with Crippen LogP contribution in [0.5, 0.6) is 0 Å². The fourth-order valence-electron chi connectivity index (χ4n) is 6.89. The van der Waals surface area contributed by atoms with Gasteiger partial charge in [0.1, 0.15) is 11.2 Å². The number of nitrogens with zero attached hydrogens (tertiary/aromatic N) is 3. The zero-order valence-electron chi connectivity index (χ0n) is 23.6. The summed E-state index contributed by atoms with van der Waals surface area (Å²) in [6, 6.07) is 39.9. The fourth-order valence-corrected chi connectivity index (χ4v) is 6.89. The first-order chi connectivity index (χ1) is 20.7. The largest absolute Gasteiger partial charge is 0.456 e. The Bertz CT molecular complexity index is 2050. The molecule has 0 radical (unpaired) electrons. The molecule has 2 heterocycles. The molecule has 0 bridgehead atoms. The Morgan fingerprint density at radius 3 is 1.81 bits per heavy atom. The van der Waals surface area contributed by atoms with E-state index in [0.29, 0.717) is 17.5 Å². The molecule has 0 fully saturated rings. The SMILES string of the molecule is CCC1(CC)c2cc3oc4ccccc4c3cc2-c2c(-c3nc(-c4ccccc4)nc(-c4ccccc4)n3)cccc21. The highest BCUT2D eigenvalue weighted by Gasteiger charge is 2.42. The van der Waals surface area contributed by atoms with E-state index in [-0.39, 0.29) is 5.41 Å². The molecular formula is C38H29N3O. The summed E-state index contributed by atoms with van der Waals surface area (Å²) in [6.07, 6.45) is 1.97. The van der Waals surface area contributed by atoms with Gasteiger partial charge < -0.3 is 4.42 Å². The lowest BCUT2D eigenvalue weighted by molar-refractivity contribution is 0.490. The average molecular weight is 544 g/mol. The van der Waals surface area contributed by atoms with Gasteiger partial charge in [0.15, 0.2) is 17.5 Å². The lowest BCUT2D eigenvalue weighted by atomic mass is 9.73. The van der Waals surface area contributed by atoms with Crippen LogP contribution in [0, 0.1) is 0 Å². The van der Waals surface area contributed by atoms with Gasteiger partial charge in [-0.25, -0.2) is 15.0 Å². The standard InChI is InChI=1S/C38H29N3O/c1-3-38(4-2)30-20-13-19-27(34(30)29-22-28-26-18-11-12-21-32(26)42-33(28)23-31(29)38)37-40-35(24-14-7-5-8-15-24)39-36(41-37)25-16-9-6-10-17-25/h5-23H,3-4H2,1-2H3. The van der Waals surface area contributed by atoms with Crippen molar-refractivity contribution < 1.29 is 4.42 Å². The van der Waals surface area contributed by atoms with Crippen molar-refractivity contribution in [2.75, 3.05) is 0 Å². The first-order valence-corrected chi connectivity index (χ1v) is 14.7. The highest BCUT2D eigenvalue weighted by molar-refractivity contribution is 6.08. The van der Waals surface area contributed by atoms with E-state index < -0.39 is 0 Å². The summed E-state index contributed by atoms with van der Waals surface area (Å²) in [7, 11) is 0. The zero-order valence-corrected chi connectivity index (χ0v) is 23.6. The Kier molecular flexibility index (Phi) is 5.58. The molecule has 0 unspecified atom stereocenters. The van der Waals surface area contributed by atoms with Crippen LogP contribution in [0.3, 0.4) is 0 Å². The number of aromatic nitrogens is 3. The Hall–Kier alpha value is -5.09. The lowest BCUT2D eigenvalue weighted by Gasteiger charge is -2.29. The first kappa shape index (κ1) is 24.7. The summed E-state index contributed by atoms with van der Waals surface area (Å²) in [5.74, 6) is 2.03. The monoisotopic (exact) mass is 543 g/mol. The number of furan rings is 1. The van der Waals surface area contributed by atoms with Gasteiger partial charge in [-0.3, -0.25) is 0 Å². The molecule has 4 heteroatoms. The van der Waals surface area contributed by atoms with Gasteiger partial charge in [0, 0.05) is 32.9 Å². The van der Waals surface area contributed by atoms with Gasteiger partial charge in [0.2, 0.25) is 0 Å². The van der Waals surface area contributed by atoms with E-state index in [1.807, 2.05) is 48.5 Å². The summed E-state index contributed by atoms with van der Waals surface area (Å²) in [4.78, 5) is 15.2. The number of hydrogen-bond donors (Lipinski definition) is 0. The topological polar surface area (TPSA) is 51.8 Å². The molecule has 0 spiro atoms. The maximum atomic E-state index is 6.37. The minimum atomic E-state index is -0.120. The molecule has 0 saturated heterocycles. The van der Waals surface area contributed by atoms with Crippen LogP contribution in [-0.2, 0) is 5.41 Å². The summed E-state index contributed by atoms with van der Waals surface area (Å²) < 4.78 is 6.37. The van der Waals surface area contributed by atoms with Crippen molar-refractivity contribution in [1.82, 2.24) is 15.0 Å². The molecule has 0 saturated carbocycles.